The number of hydrogen-bond acceptors (Lipinski definition) is 2. The molecule has 2 nitrogen and oxygen atoms in total. The van der Waals surface area contributed by atoms with Crippen LogP contribution in [0.25, 0.3) is 0 Å². The van der Waals surface area contributed by atoms with Crippen LogP contribution >= 0.6 is 7.37 Å². The normalized spacial score (nSPS) is 13.2. The van der Waals surface area contributed by atoms with Gasteiger partial charge in [0, 0.05) is 6.16 Å². The molecule has 0 spiro atoms. The SMILES string of the molecule is C=CCCP(=O)(Oc1ccc(CC)cc1CC)c1ccc(CC)cc1CC. The Bertz CT molecular complexity index is 823. The van der Waals surface area contributed by atoms with Crippen molar-refractivity contribution in [1.82, 2.24) is 0 Å². The average molecular weight is 385 g/mol. The molecule has 1 atom stereocenters. The van der Waals surface area contributed by atoms with Crippen LogP contribution < -0.4 is 9.83 Å². The van der Waals surface area contributed by atoms with Gasteiger partial charge >= 0.3 is 0 Å². The Morgan fingerprint density at radius 3 is 2.04 bits per heavy atom. The van der Waals surface area contributed by atoms with E-state index in [9.17, 15) is 4.57 Å². The Morgan fingerprint density at radius 2 is 1.48 bits per heavy atom. The highest BCUT2D eigenvalue weighted by atomic mass is 31.2. The van der Waals surface area contributed by atoms with Crippen LogP contribution in [0.3, 0.4) is 0 Å². The fraction of sp³-hybridized carbons (Fsp3) is 0.417. The lowest BCUT2D eigenvalue weighted by molar-refractivity contribution is 0.489. The van der Waals surface area contributed by atoms with Crippen LogP contribution in [0, 0.1) is 0 Å². The van der Waals surface area contributed by atoms with Crippen molar-refractivity contribution in [1.29, 1.82) is 0 Å². The molecule has 2 aromatic carbocycles. The standard InChI is InChI=1S/C24H33O2P/c1-6-11-16-27(25,24-15-13-20(8-3)18-22(24)10-5)26-23-14-12-19(7-2)17-21(23)9-4/h6,12-15,17-18H,1,7-11,16H2,2-5H3. The third-order valence-electron chi connectivity index (χ3n) is 5.09. The van der Waals surface area contributed by atoms with Gasteiger partial charge in [-0.05, 0) is 66.5 Å². The van der Waals surface area contributed by atoms with Crippen molar-refractivity contribution in [3.05, 3.63) is 71.3 Å². The molecule has 0 aliphatic heterocycles. The fourth-order valence-electron chi connectivity index (χ4n) is 3.33. The first kappa shape index (κ1) is 21.5. The van der Waals surface area contributed by atoms with E-state index < -0.39 is 7.37 Å². The molecule has 0 saturated heterocycles. The van der Waals surface area contributed by atoms with E-state index in [-0.39, 0.29) is 0 Å². The maximum atomic E-state index is 14.1. The minimum Gasteiger partial charge on any atom is -0.440 e. The maximum Gasteiger partial charge on any atom is 0.277 e. The summed E-state index contributed by atoms with van der Waals surface area (Å²) >= 11 is 0. The molecule has 0 aromatic heterocycles. The molecule has 2 rings (SSSR count). The lowest BCUT2D eigenvalue weighted by Gasteiger charge is -2.24. The van der Waals surface area contributed by atoms with Crippen LogP contribution in [0.2, 0.25) is 0 Å². The largest absolute Gasteiger partial charge is 0.440 e. The van der Waals surface area contributed by atoms with Crippen LogP contribution in [-0.4, -0.2) is 6.16 Å². The zero-order chi connectivity index (χ0) is 19.9. The molecule has 1 unspecified atom stereocenters. The monoisotopic (exact) mass is 384 g/mol. The highest BCUT2D eigenvalue weighted by Crippen LogP contribution is 2.48. The van der Waals surface area contributed by atoms with E-state index in [1.54, 1.807) is 0 Å². The Balaban J connectivity index is 2.52. The zero-order valence-electron chi connectivity index (χ0n) is 17.3. The summed E-state index contributed by atoms with van der Waals surface area (Å²) < 4.78 is 20.4. The first-order valence-corrected chi connectivity index (χ1v) is 12.0. The highest BCUT2D eigenvalue weighted by molar-refractivity contribution is 7.67. The molecule has 0 heterocycles. The summed E-state index contributed by atoms with van der Waals surface area (Å²) in [5.74, 6) is 0.753. The van der Waals surface area contributed by atoms with Gasteiger partial charge in [-0.3, -0.25) is 4.57 Å². The fourth-order valence-corrected chi connectivity index (χ4v) is 5.74. The van der Waals surface area contributed by atoms with E-state index in [4.69, 9.17) is 4.52 Å². The third-order valence-corrected chi connectivity index (χ3v) is 7.60. The summed E-state index contributed by atoms with van der Waals surface area (Å²) in [5.41, 5.74) is 4.80. The smallest absolute Gasteiger partial charge is 0.277 e. The van der Waals surface area contributed by atoms with Gasteiger partial charge in [-0.1, -0.05) is 58.0 Å². The van der Waals surface area contributed by atoms with Gasteiger partial charge in [0.15, 0.2) is 0 Å². The Kier molecular flexibility index (Phi) is 7.92. The molecule has 0 aliphatic rings. The topological polar surface area (TPSA) is 26.3 Å². The molecule has 3 heteroatoms. The second-order valence-electron chi connectivity index (χ2n) is 6.89. The first-order chi connectivity index (χ1) is 13.0. The molecular weight excluding hydrogens is 351 g/mol. The number of benzene rings is 2. The minimum absolute atomic E-state index is 0.480. The van der Waals surface area contributed by atoms with Crippen LogP contribution in [0.1, 0.15) is 56.4 Å². The summed E-state index contributed by atoms with van der Waals surface area (Å²) in [4.78, 5) is 0. The number of rotatable bonds is 10. The van der Waals surface area contributed by atoms with E-state index >= 15 is 0 Å². The Labute approximate surface area is 165 Å². The lowest BCUT2D eigenvalue weighted by atomic mass is 10.1. The van der Waals surface area contributed by atoms with Gasteiger partial charge in [-0.2, -0.15) is 0 Å². The summed E-state index contributed by atoms with van der Waals surface area (Å²) in [6.45, 7) is 12.3. The van der Waals surface area contributed by atoms with E-state index in [1.165, 1.54) is 11.1 Å². The summed E-state index contributed by atoms with van der Waals surface area (Å²) in [7, 11) is -3.03. The molecule has 0 N–H and O–H groups in total. The van der Waals surface area contributed by atoms with Gasteiger partial charge in [-0.25, -0.2) is 0 Å². The van der Waals surface area contributed by atoms with Gasteiger partial charge in [-0.15, -0.1) is 6.58 Å². The molecular formula is C24H33O2P. The molecule has 27 heavy (non-hydrogen) atoms. The van der Waals surface area contributed by atoms with Crippen molar-refractivity contribution >= 4 is 12.7 Å². The predicted octanol–water partition coefficient (Wildman–Crippen LogP) is 6.49. The third kappa shape index (κ3) is 5.14. The zero-order valence-corrected chi connectivity index (χ0v) is 18.1. The van der Waals surface area contributed by atoms with Gasteiger partial charge in [0.2, 0.25) is 0 Å². The second-order valence-corrected chi connectivity index (χ2v) is 9.34. The highest BCUT2D eigenvalue weighted by Gasteiger charge is 2.30. The van der Waals surface area contributed by atoms with Crippen LogP contribution in [0.5, 0.6) is 5.75 Å². The summed E-state index contributed by atoms with van der Waals surface area (Å²) in [6.07, 6.45) is 6.64. The molecule has 0 radical (unpaired) electrons. The lowest BCUT2D eigenvalue weighted by Crippen LogP contribution is -2.18. The molecule has 0 bridgehead atoms. The van der Waals surface area contributed by atoms with E-state index in [0.717, 1.165) is 47.9 Å². The molecule has 146 valence electrons. The summed E-state index contributed by atoms with van der Waals surface area (Å²) in [5, 5.41) is 0.866. The van der Waals surface area contributed by atoms with Gasteiger partial charge in [0.25, 0.3) is 7.37 Å². The molecule has 0 fully saturated rings. The van der Waals surface area contributed by atoms with Crippen LogP contribution in [-0.2, 0) is 30.2 Å². The maximum absolute atomic E-state index is 14.1. The van der Waals surface area contributed by atoms with Gasteiger partial charge < -0.3 is 4.52 Å². The molecule has 0 saturated carbocycles. The Morgan fingerprint density at radius 1 is 0.889 bits per heavy atom. The molecule has 0 aliphatic carbocycles. The van der Waals surface area contributed by atoms with Crippen molar-refractivity contribution in [2.45, 2.75) is 59.8 Å². The Hall–Kier alpha value is -1.79. The van der Waals surface area contributed by atoms with E-state index in [2.05, 4.69) is 58.5 Å². The van der Waals surface area contributed by atoms with Crippen molar-refractivity contribution in [3.63, 3.8) is 0 Å². The number of aryl methyl sites for hydroxylation is 4. The second kappa shape index (κ2) is 9.95. The van der Waals surface area contributed by atoms with Crippen molar-refractivity contribution < 1.29 is 9.09 Å². The van der Waals surface area contributed by atoms with Crippen LogP contribution in [0.4, 0.5) is 0 Å². The quantitative estimate of drug-likeness (QED) is 0.345. The predicted molar refractivity (Wildman–Crippen MR) is 118 cm³/mol. The summed E-state index contributed by atoms with van der Waals surface area (Å²) in [6, 6.07) is 12.5. The van der Waals surface area contributed by atoms with Gasteiger partial charge in [0.1, 0.15) is 5.75 Å². The van der Waals surface area contributed by atoms with E-state index in [1.807, 2.05) is 18.2 Å². The minimum atomic E-state index is -3.03. The average Bonchev–Trinajstić information content (AvgIpc) is 2.71. The van der Waals surface area contributed by atoms with Gasteiger partial charge in [0.05, 0.1) is 5.30 Å². The molecule has 2 aromatic rings. The van der Waals surface area contributed by atoms with E-state index in [0.29, 0.717) is 12.6 Å². The van der Waals surface area contributed by atoms with Crippen LogP contribution in [0.15, 0.2) is 49.1 Å². The molecule has 0 amide bonds. The van der Waals surface area contributed by atoms with Crippen molar-refractivity contribution in [2.75, 3.05) is 6.16 Å². The number of allylic oxidation sites excluding steroid dienone is 1. The van der Waals surface area contributed by atoms with Crippen molar-refractivity contribution in [3.8, 4) is 5.75 Å². The first-order valence-electron chi connectivity index (χ1n) is 10.1. The van der Waals surface area contributed by atoms with Crippen molar-refractivity contribution in [2.24, 2.45) is 0 Å². The number of hydrogen-bond donors (Lipinski definition) is 0.